The largest absolute Gasteiger partial charge is 0.368 e. The lowest BCUT2D eigenvalue weighted by atomic mass is 10.2. The van der Waals surface area contributed by atoms with Crippen molar-refractivity contribution in [2.24, 2.45) is 0 Å². The quantitative estimate of drug-likeness (QED) is 0.478. The highest BCUT2D eigenvalue weighted by Crippen LogP contribution is 2.26. The summed E-state index contributed by atoms with van der Waals surface area (Å²) < 4.78 is 34.3. The van der Waals surface area contributed by atoms with E-state index in [1.54, 1.807) is 17.0 Å². The molecule has 2 aliphatic heterocycles. The molecular weight excluding hydrogens is 337 g/mol. The van der Waals surface area contributed by atoms with Crippen LogP contribution in [0.15, 0.2) is 34.9 Å². The summed E-state index contributed by atoms with van der Waals surface area (Å²) in [6, 6.07) is 6.17. The molecule has 2 saturated heterocycles. The number of carbonyl (C=O) groups is 1. The number of benzene rings is 1. The third-order valence-electron chi connectivity index (χ3n) is 4.25. The van der Waals surface area contributed by atoms with E-state index in [2.05, 4.69) is 0 Å². The van der Waals surface area contributed by atoms with Gasteiger partial charge in [0.2, 0.25) is 11.1 Å². The van der Waals surface area contributed by atoms with Crippen molar-refractivity contribution in [2.45, 2.75) is 6.42 Å². The van der Waals surface area contributed by atoms with Crippen molar-refractivity contribution in [1.29, 1.82) is 0 Å². The molecule has 1 amide bonds. The van der Waals surface area contributed by atoms with Crippen LogP contribution in [0.2, 0.25) is 0 Å². The summed E-state index contributed by atoms with van der Waals surface area (Å²) in [5, 5.41) is 10.1. The molecule has 7 nitrogen and oxygen atoms in total. The van der Waals surface area contributed by atoms with Crippen molar-refractivity contribution >= 4 is 22.7 Å². The first-order chi connectivity index (χ1) is 11.5. The minimum atomic E-state index is -2.31. The van der Waals surface area contributed by atoms with Gasteiger partial charge in [-0.15, -0.1) is 0 Å². The van der Waals surface area contributed by atoms with Crippen LogP contribution in [0.25, 0.3) is 0 Å². The molecule has 2 heterocycles. The number of hydrogen-bond acceptors (Lipinski definition) is 5. The Kier molecular flexibility index (Phi) is 4.83. The Bertz CT molecular complexity index is 686. The number of piperazine rings is 1. The molecule has 3 rings (SSSR count). The van der Waals surface area contributed by atoms with E-state index in [-0.39, 0.29) is 29.4 Å². The molecule has 2 N–H and O–H groups in total. The van der Waals surface area contributed by atoms with Crippen LogP contribution in [0.1, 0.15) is 6.42 Å². The zero-order chi connectivity index (χ0) is 17.3. The first-order valence-corrected chi connectivity index (χ1v) is 8.68. The van der Waals surface area contributed by atoms with E-state index in [0.717, 1.165) is 5.69 Å². The number of carbonyl (C=O) groups excluding carboxylic acids is 1. The minimum Gasteiger partial charge on any atom is -0.368 e. The molecule has 1 aromatic carbocycles. The maximum Gasteiger partial charge on any atom is 0.276 e. The van der Waals surface area contributed by atoms with Gasteiger partial charge in [-0.2, -0.15) is 0 Å². The molecule has 9 heteroatoms. The molecule has 130 valence electrons. The molecule has 2 aliphatic rings. The standard InChI is InChI=1S/C15H18FN3O4S/c16-11-1-3-12(4-2-11)17-7-9-18(10-8-17)15(24(22)23)13-5-6-19(21)14(13)20/h1-4,21H,5-10H2,(H,22,23). The lowest BCUT2D eigenvalue weighted by Crippen LogP contribution is -2.47. The highest BCUT2D eigenvalue weighted by molar-refractivity contribution is 7.83. The van der Waals surface area contributed by atoms with Gasteiger partial charge in [-0.05, 0) is 24.3 Å². The van der Waals surface area contributed by atoms with E-state index in [1.807, 2.05) is 4.90 Å². The van der Waals surface area contributed by atoms with Gasteiger partial charge >= 0.3 is 0 Å². The second-order valence-electron chi connectivity index (χ2n) is 5.66. The fourth-order valence-corrected chi connectivity index (χ4v) is 3.81. The second-order valence-corrected chi connectivity index (χ2v) is 6.55. The van der Waals surface area contributed by atoms with E-state index in [1.165, 1.54) is 12.1 Å². The minimum absolute atomic E-state index is 0.0790. The molecule has 2 fully saturated rings. The number of anilines is 1. The fourth-order valence-electron chi connectivity index (χ4n) is 3.01. The summed E-state index contributed by atoms with van der Waals surface area (Å²) in [6.45, 7) is 2.21. The molecular formula is C15H18FN3O4S. The number of hydroxylamine groups is 2. The number of nitrogens with zero attached hydrogens (tertiary/aromatic N) is 3. The highest BCUT2D eigenvalue weighted by atomic mass is 32.2. The van der Waals surface area contributed by atoms with Crippen LogP contribution in [-0.4, -0.2) is 62.6 Å². The molecule has 24 heavy (non-hydrogen) atoms. The molecule has 0 radical (unpaired) electrons. The van der Waals surface area contributed by atoms with Crippen LogP contribution >= 0.6 is 0 Å². The molecule has 1 aromatic rings. The zero-order valence-corrected chi connectivity index (χ0v) is 13.7. The van der Waals surface area contributed by atoms with Crippen molar-refractivity contribution in [1.82, 2.24) is 9.96 Å². The number of rotatable bonds is 3. The monoisotopic (exact) mass is 355 g/mol. The average Bonchev–Trinajstić information content (AvgIpc) is 2.89. The number of hydrogen-bond donors (Lipinski definition) is 2. The van der Waals surface area contributed by atoms with Crippen molar-refractivity contribution in [2.75, 3.05) is 37.6 Å². The van der Waals surface area contributed by atoms with E-state index in [0.29, 0.717) is 31.2 Å². The molecule has 1 unspecified atom stereocenters. The normalized spacial score (nSPS) is 22.1. The molecule has 0 aliphatic carbocycles. The van der Waals surface area contributed by atoms with Gasteiger partial charge in [-0.1, -0.05) is 0 Å². The molecule has 0 saturated carbocycles. The summed E-state index contributed by atoms with van der Waals surface area (Å²) in [5.41, 5.74) is 1.07. The summed E-state index contributed by atoms with van der Waals surface area (Å²) in [6.07, 6.45) is 0.245. The van der Waals surface area contributed by atoms with Crippen molar-refractivity contribution in [3.05, 3.63) is 40.7 Å². The van der Waals surface area contributed by atoms with Crippen LogP contribution in [0.5, 0.6) is 0 Å². The van der Waals surface area contributed by atoms with E-state index < -0.39 is 17.0 Å². The Morgan fingerprint density at radius 1 is 1.08 bits per heavy atom. The predicted octanol–water partition coefficient (Wildman–Crippen LogP) is 1.00. The first kappa shape index (κ1) is 16.9. The van der Waals surface area contributed by atoms with Gasteiger partial charge in [0.05, 0.1) is 12.1 Å². The SMILES string of the molecule is O=C1C(=C(N2CCN(c3ccc(F)cc3)CC2)S(=O)O)CCN1O. The highest BCUT2D eigenvalue weighted by Gasteiger charge is 2.33. The van der Waals surface area contributed by atoms with E-state index >= 15 is 0 Å². The Morgan fingerprint density at radius 3 is 2.21 bits per heavy atom. The second kappa shape index (κ2) is 6.88. The zero-order valence-electron chi connectivity index (χ0n) is 12.9. The topological polar surface area (TPSA) is 84.3 Å². The number of halogens is 1. The predicted molar refractivity (Wildman–Crippen MR) is 86.1 cm³/mol. The molecule has 0 aromatic heterocycles. The van der Waals surface area contributed by atoms with Gasteiger partial charge in [-0.25, -0.2) is 13.7 Å². The van der Waals surface area contributed by atoms with E-state index in [4.69, 9.17) is 0 Å². The van der Waals surface area contributed by atoms with Gasteiger partial charge in [0, 0.05) is 38.3 Å². The third-order valence-corrected chi connectivity index (χ3v) is 5.08. The van der Waals surface area contributed by atoms with Crippen LogP contribution < -0.4 is 4.90 Å². The average molecular weight is 355 g/mol. The van der Waals surface area contributed by atoms with Crippen LogP contribution in [0, 0.1) is 5.82 Å². The van der Waals surface area contributed by atoms with Gasteiger partial charge in [0.15, 0.2) is 0 Å². The van der Waals surface area contributed by atoms with E-state index in [9.17, 15) is 23.2 Å². The Balaban J connectivity index is 1.75. The van der Waals surface area contributed by atoms with Crippen molar-refractivity contribution < 1.29 is 23.2 Å². The molecule has 0 spiro atoms. The van der Waals surface area contributed by atoms with Crippen molar-refractivity contribution in [3.8, 4) is 0 Å². The molecule has 0 bridgehead atoms. The van der Waals surface area contributed by atoms with Crippen LogP contribution in [0.3, 0.4) is 0 Å². The van der Waals surface area contributed by atoms with Gasteiger partial charge in [0.25, 0.3) is 5.91 Å². The third kappa shape index (κ3) is 3.28. The van der Waals surface area contributed by atoms with Crippen LogP contribution in [0.4, 0.5) is 10.1 Å². The number of amides is 1. The fraction of sp³-hybridized carbons (Fsp3) is 0.400. The summed E-state index contributed by atoms with van der Waals surface area (Å²) >= 11 is -2.31. The van der Waals surface area contributed by atoms with Gasteiger partial charge < -0.3 is 14.4 Å². The molecule has 1 atom stereocenters. The first-order valence-electron chi connectivity index (χ1n) is 7.57. The lowest BCUT2D eigenvalue weighted by molar-refractivity contribution is -0.154. The summed E-state index contributed by atoms with van der Waals surface area (Å²) in [7, 11) is 0. The maximum atomic E-state index is 13.0. The Morgan fingerprint density at radius 2 is 1.71 bits per heavy atom. The maximum absolute atomic E-state index is 13.0. The van der Waals surface area contributed by atoms with Crippen molar-refractivity contribution in [3.63, 3.8) is 0 Å². The van der Waals surface area contributed by atoms with Gasteiger partial charge in [-0.3, -0.25) is 10.0 Å². The van der Waals surface area contributed by atoms with Gasteiger partial charge in [0.1, 0.15) is 10.8 Å². The Labute approximate surface area is 141 Å². The Hall–Kier alpha value is -1.97. The smallest absolute Gasteiger partial charge is 0.276 e. The summed E-state index contributed by atoms with van der Waals surface area (Å²) in [5.74, 6) is -0.915. The summed E-state index contributed by atoms with van der Waals surface area (Å²) in [4.78, 5) is 15.7. The van der Waals surface area contributed by atoms with Crippen LogP contribution in [-0.2, 0) is 15.9 Å². The lowest BCUT2D eigenvalue weighted by Gasteiger charge is -2.37.